The molecule has 1 saturated heterocycles. The van der Waals surface area contributed by atoms with Crippen molar-refractivity contribution in [3.63, 3.8) is 0 Å². The summed E-state index contributed by atoms with van der Waals surface area (Å²) in [6.45, 7) is 2.25. The average molecular weight is 304 g/mol. The van der Waals surface area contributed by atoms with Crippen LogP contribution in [-0.4, -0.2) is 53.5 Å². The molecule has 1 unspecified atom stereocenters. The van der Waals surface area contributed by atoms with Crippen LogP contribution < -0.4 is 0 Å². The molecule has 1 aromatic rings. The monoisotopic (exact) mass is 303 g/mol. The minimum Gasteiger partial charge on any atom is -0.333 e. The lowest BCUT2D eigenvalue weighted by atomic mass is 10.2. The number of carbonyl (C=O) groups excluding carboxylic acids is 1. The number of halogens is 1. The third-order valence-corrected chi connectivity index (χ3v) is 5.05. The molecule has 1 aromatic heterocycles. The first kappa shape index (κ1) is 14.2. The van der Waals surface area contributed by atoms with Gasteiger partial charge in [0.25, 0.3) is 5.91 Å². The van der Waals surface area contributed by atoms with Gasteiger partial charge in [0.15, 0.2) is 20.7 Å². The number of carbonyl (C=O) groups is 1. The predicted molar refractivity (Wildman–Crippen MR) is 70.8 cm³/mol. The molecule has 0 bridgehead atoms. The summed E-state index contributed by atoms with van der Waals surface area (Å²) < 4.78 is 23.0. The standard InChI is InChI=1S/C11H14ClN3O3S/c1-2-15(8-5-6-19(17,18)7-8)11(16)9-3-4-10(12)14-13-9/h3-4,8H,2,5-7H2,1H3. The topological polar surface area (TPSA) is 80.2 Å². The molecular formula is C11H14ClN3O3S. The van der Waals surface area contributed by atoms with Crippen LogP contribution in [-0.2, 0) is 9.84 Å². The summed E-state index contributed by atoms with van der Waals surface area (Å²) in [6, 6.07) is 2.70. The fraction of sp³-hybridized carbons (Fsp3) is 0.545. The Morgan fingerprint density at radius 3 is 2.68 bits per heavy atom. The van der Waals surface area contributed by atoms with Crippen LogP contribution in [0.3, 0.4) is 0 Å². The van der Waals surface area contributed by atoms with Gasteiger partial charge in [-0.1, -0.05) is 11.6 Å². The van der Waals surface area contributed by atoms with Crippen molar-refractivity contribution in [2.75, 3.05) is 18.1 Å². The Morgan fingerprint density at radius 2 is 2.21 bits per heavy atom. The summed E-state index contributed by atoms with van der Waals surface area (Å²) in [7, 11) is -3.02. The van der Waals surface area contributed by atoms with Gasteiger partial charge in [0, 0.05) is 12.6 Å². The molecule has 2 heterocycles. The summed E-state index contributed by atoms with van der Waals surface area (Å²) in [6.07, 6.45) is 0.475. The molecule has 1 aliphatic heterocycles. The third kappa shape index (κ3) is 3.22. The molecule has 1 aliphatic rings. The minimum absolute atomic E-state index is 0.0214. The number of aromatic nitrogens is 2. The van der Waals surface area contributed by atoms with Crippen LogP contribution >= 0.6 is 11.6 Å². The fourth-order valence-corrected chi connectivity index (χ4v) is 4.00. The molecule has 0 radical (unpaired) electrons. The molecule has 1 amide bonds. The van der Waals surface area contributed by atoms with Crippen molar-refractivity contribution >= 4 is 27.3 Å². The van der Waals surface area contributed by atoms with Crippen molar-refractivity contribution in [2.24, 2.45) is 0 Å². The molecule has 0 aliphatic carbocycles. The Labute approximate surface area is 116 Å². The van der Waals surface area contributed by atoms with Gasteiger partial charge in [0.2, 0.25) is 0 Å². The maximum Gasteiger partial charge on any atom is 0.274 e. The molecule has 2 rings (SSSR count). The summed E-state index contributed by atoms with van der Waals surface area (Å²) in [5.41, 5.74) is 0.176. The summed E-state index contributed by atoms with van der Waals surface area (Å²) in [4.78, 5) is 13.8. The number of hydrogen-bond donors (Lipinski definition) is 0. The minimum atomic E-state index is -3.02. The van der Waals surface area contributed by atoms with Gasteiger partial charge in [0.05, 0.1) is 11.5 Å². The van der Waals surface area contributed by atoms with Crippen LogP contribution in [0.15, 0.2) is 12.1 Å². The second-order valence-electron chi connectivity index (χ2n) is 4.39. The van der Waals surface area contributed by atoms with E-state index in [4.69, 9.17) is 11.6 Å². The smallest absolute Gasteiger partial charge is 0.274 e. The lowest BCUT2D eigenvalue weighted by molar-refractivity contribution is 0.0701. The van der Waals surface area contributed by atoms with E-state index < -0.39 is 9.84 Å². The lowest BCUT2D eigenvalue weighted by Gasteiger charge is -2.26. The van der Waals surface area contributed by atoms with Crippen LogP contribution in [0.25, 0.3) is 0 Å². The van der Waals surface area contributed by atoms with Crippen LogP contribution in [0.1, 0.15) is 23.8 Å². The molecule has 1 atom stereocenters. The van der Waals surface area contributed by atoms with Crippen LogP contribution in [0.5, 0.6) is 0 Å². The molecular weight excluding hydrogens is 290 g/mol. The van der Waals surface area contributed by atoms with E-state index in [2.05, 4.69) is 10.2 Å². The second-order valence-corrected chi connectivity index (χ2v) is 7.01. The van der Waals surface area contributed by atoms with E-state index in [0.717, 1.165) is 0 Å². The summed E-state index contributed by atoms with van der Waals surface area (Å²) in [5, 5.41) is 7.57. The normalized spacial score (nSPS) is 21.3. The Morgan fingerprint density at radius 1 is 1.47 bits per heavy atom. The highest BCUT2D eigenvalue weighted by Crippen LogP contribution is 2.19. The SMILES string of the molecule is CCN(C(=O)c1ccc(Cl)nn1)C1CCS(=O)(=O)C1. The third-order valence-electron chi connectivity index (χ3n) is 3.10. The zero-order valence-corrected chi connectivity index (χ0v) is 12.0. The Hall–Kier alpha value is -1.21. The molecule has 6 nitrogen and oxygen atoms in total. The molecule has 0 spiro atoms. The largest absolute Gasteiger partial charge is 0.333 e. The van der Waals surface area contributed by atoms with E-state index >= 15 is 0 Å². The first-order valence-corrected chi connectivity index (χ1v) is 8.13. The number of amides is 1. The van der Waals surface area contributed by atoms with E-state index in [9.17, 15) is 13.2 Å². The predicted octanol–water partition coefficient (Wildman–Crippen LogP) is 0.779. The van der Waals surface area contributed by atoms with Crippen molar-refractivity contribution in [1.29, 1.82) is 0 Å². The van der Waals surface area contributed by atoms with Gasteiger partial charge in [0.1, 0.15) is 0 Å². The van der Waals surface area contributed by atoms with Gasteiger partial charge in [-0.25, -0.2) is 8.42 Å². The fourth-order valence-electron chi connectivity index (χ4n) is 2.17. The maximum absolute atomic E-state index is 12.3. The van der Waals surface area contributed by atoms with Crippen molar-refractivity contribution in [2.45, 2.75) is 19.4 Å². The van der Waals surface area contributed by atoms with E-state index in [1.807, 2.05) is 6.92 Å². The first-order valence-electron chi connectivity index (χ1n) is 5.93. The Bertz CT molecular complexity index is 573. The van der Waals surface area contributed by atoms with Crippen molar-refractivity contribution in [3.05, 3.63) is 23.0 Å². The highest BCUT2D eigenvalue weighted by Gasteiger charge is 2.34. The van der Waals surface area contributed by atoms with E-state index in [0.29, 0.717) is 13.0 Å². The van der Waals surface area contributed by atoms with Gasteiger partial charge < -0.3 is 4.90 Å². The quantitative estimate of drug-likeness (QED) is 0.824. The molecule has 1 fully saturated rings. The highest BCUT2D eigenvalue weighted by molar-refractivity contribution is 7.91. The van der Waals surface area contributed by atoms with E-state index in [-0.39, 0.29) is 34.3 Å². The van der Waals surface area contributed by atoms with Crippen LogP contribution in [0.4, 0.5) is 0 Å². The number of hydrogen-bond acceptors (Lipinski definition) is 5. The molecule has 8 heteroatoms. The lowest BCUT2D eigenvalue weighted by Crippen LogP contribution is -2.41. The second kappa shape index (κ2) is 5.42. The van der Waals surface area contributed by atoms with Gasteiger partial charge in [-0.3, -0.25) is 4.79 Å². The van der Waals surface area contributed by atoms with E-state index in [1.165, 1.54) is 17.0 Å². The van der Waals surface area contributed by atoms with Crippen molar-refractivity contribution in [1.82, 2.24) is 15.1 Å². The first-order chi connectivity index (χ1) is 8.93. The van der Waals surface area contributed by atoms with E-state index in [1.54, 1.807) is 0 Å². The van der Waals surface area contributed by atoms with Crippen molar-refractivity contribution in [3.8, 4) is 0 Å². The van der Waals surface area contributed by atoms with Crippen LogP contribution in [0, 0.1) is 0 Å². The van der Waals surface area contributed by atoms with Crippen molar-refractivity contribution < 1.29 is 13.2 Å². The van der Waals surface area contributed by atoms with Gasteiger partial charge in [-0.2, -0.15) is 0 Å². The van der Waals surface area contributed by atoms with Gasteiger partial charge >= 0.3 is 0 Å². The summed E-state index contributed by atoms with van der Waals surface area (Å²) >= 11 is 5.62. The number of sulfone groups is 1. The zero-order valence-electron chi connectivity index (χ0n) is 10.4. The Kier molecular flexibility index (Phi) is 4.05. The summed E-state index contributed by atoms with van der Waals surface area (Å²) in [5.74, 6) is -0.157. The molecule has 19 heavy (non-hydrogen) atoms. The number of nitrogens with zero attached hydrogens (tertiary/aromatic N) is 3. The van der Waals surface area contributed by atoms with Crippen LogP contribution in [0.2, 0.25) is 5.15 Å². The van der Waals surface area contributed by atoms with Gasteiger partial charge in [-0.05, 0) is 25.5 Å². The molecule has 0 aromatic carbocycles. The molecule has 104 valence electrons. The zero-order chi connectivity index (χ0) is 14.0. The average Bonchev–Trinajstić information content (AvgIpc) is 2.71. The number of rotatable bonds is 3. The Balaban J connectivity index is 2.18. The van der Waals surface area contributed by atoms with Gasteiger partial charge in [-0.15, -0.1) is 10.2 Å². The molecule has 0 N–H and O–H groups in total. The highest BCUT2D eigenvalue weighted by atomic mass is 35.5. The molecule has 0 saturated carbocycles. The maximum atomic E-state index is 12.3.